The van der Waals surface area contributed by atoms with E-state index in [1.165, 1.54) is 0 Å². The minimum atomic E-state index is -0.112. The van der Waals surface area contributed by atoms with Crippen LogP contribution in [0.15, 0.2) is 36.7 Å². The number of amides is 2. The van der Waals surface area contributed by atoms with Gasteiger partial charge in [-0.1, -0.05) is 12.1 Å². The molecule has 2 heterocycles. The summed E-state index contributed by atoms with van der Waals surface area (Å²) in [5.74, 6) is 0.753. The summed E-state index contributed by atoms with van der Waals surface area (Å²) in [6, 6.07) is 7.81. The first kappa shape index (κ1) is 17.9. The lowest BCUT2D eigenvalue weighted by Gasteiger charge is -2.28. The number of hydrogen-bond acceptors (Lipinski definition) is 4. The van der Waals surface area contributed by atoms with Crippen molar-refractivity contribution >= 4 is 11.8 Å². The first-order valence-corrected chi connectivity index (χ1v) is 8.71. The van der Waals surface area contributed by atoms with Crippen molar-refractivity contribution in [3.05, 3.63) is 58.9 Å². The Balaban J connectivity index is 1.61. The van der Waals surface area contributed by atoms with Gasteiger partial charge in [0.15, 0.2) is 0 Å². The van der Waals surface area contributed by atoms with Crippen molar-refractivity contribution in [1.82, 2.24) is 15.2 Å². The highest BCUT2D eigenvalue weighted by Gasteiger charge is 2.23. The molecule has 1 aromatic heterocycles. The topological polar surface area (TPSA) is 71.5 Å². The van der Waals surface area contributed by atoms with E-state index in [1.54, 1.807) is 31.3 Å². The van der Waals surface area contributed by atoms with Gasteiger partial charge in [-0.3, -0.25) is 14.6 Å². The van der Waals surface area contributed by atoms with E-state index in [9.17, 15) is 9.59 Å². The maximum atomic E-state index is 12.6. The summed E-state index contributed by atoms with van der Waals surface area (Å²) in [6.07, 6.45) is 4.79. The van der Waals surface area contributed by atoms with Crippen LogP contribution in [0.4, 0.5) is 0 Å². The van der Waals surface area contributed by atoms with Gasteiger partial charge < -0.3 is 15.0 Å². The highest BCUT2D eigenvalue weighted by atomic mass is 16.5. The van der Waals surface area contributed by atoms with E-state index in [2.05, 4.69) is 10.3 Å². The minimum Gasteiger partial charge on any atom is -0.497 e. The van der Waals surface area contributed by atoms with E-state index in [0.717, 1.165) is 28.9 Å². The van der Waals surface area contributed by atoms with Gasteiger partial charge in [-0.2, -0.15) is 0 Å². The predicted molar refractivity (Wildman–Crippen MR) is 98.1 cm³/mol. The molecule has 0 fully saturated rings. The molecule has 1 aliphatic rings. The van der Waals surface area contributed by atoms with Gasteiger partial charge in [0, 0.05) is 39.0 Å². The zero-order chi connectivity index (χ0) is 18.5. The van der Waals surface area contributed by atoms with Crippen LogP contribution in [0.5, 0.6) is 5.75 Å². The largest absolute Gasteiger partial charge is 0.497 e. The lowest BCUT2D eigenvalue weighted by Crippen LogP contribution is -2.36. The Hall–Kier alpha value is -2.89. The van der Waals surface area contributed by atoms with Gasteiger partial charge in [0.25, 0.3) is 5.91 Å². The maximum absolute atomic E-state index is 12.6. The van der Waals surface area contributed by atoms with Crippen LogP contribution in [0.2, 0.25) is 0 Å². The number of nitrogens with one attached hydrogen (secondary N) is 1. The molecule has 1 aromatic carbocycles. The molecule has 0 saturated heterocycles. The SMILES string of the molecule is COc1ccc(CCNC(=O)c2cncc3c2CCN(C(C)=O)C3)cc1. The Morgan fingerprint density at radius 2 is 2.00 bits per heavy atom. The lowest BCUT2D eigenvalue weighted by atomic mass is 9.96. The van der Waals surface area contributed by atoms with Gasteiger partial charge in [0.05, 0.1) is 12.7 Å². The lowest BCUT2D eigenvalue weighted by molar-refractivity contribution is -0.129. The molecule has 0 bridgehead atoms. The van der Waals surface area contributed by atoms with Crippen LogP contribution in [0.1, 0.15) is 34.0 Å². The van der Waals surface area contributed by atoms with Gasteiger partial charge in [-0.05, 0) is 41.7 Å². The summed E-state index contributed by atoms with van der Waals surface area (Å²) in [6.45, 7) is 3.27. The molecule has 0 saturated carbocycles. The predicted octanol–water partition coefficient (Wildman–Crippen LogP) is 1.97. The molecule has 0 spiro atoms. The highest BCUT2D eigenvalue weighted by molar-refractivity contribution is 5.95. The maximum Gasteiger partial charge on any atom is 0.253 e. The molecule has 6 heteroatoms. The van der Waals surface area contributed by atoms with E-state index in [4.69, 9.17) is 4.74 Å². The summed E-state index contributed by atoms with van der Waals surface area (Å²) in [4.78, 5) is 30.1. The number of rotatable bonds is 5. The van der Waals surface area contributed by atoms with Gasteiger partial charge in [0.1, 0.15) is 5.75 Å². The van der Waals surface area contributed by atoms with Crippen LogP contribution < -0.4 is 10.1 Å². The van der Waals surface area contributed by atoms with E-state index in [1.807, 2.05) is 24.3 Å². The molecule has 136 valence electrons. The molecule has 0 radical (unpaired) electrons. The number of pyridine rings is 1. The zero-order valence-corrected chi connectivity index (χ0v) is 15.1. The average Bonchev–Trinajstić information content (AvgIpc) is 2.67. The Kier molecular flexibility index (Phi) is 5.51. The number of benzene rings is 1. The second kappa shape index (κ2) is 7.99. The molecule has 1 aliphatic heterocycles. The highest BCUT2D eigenvalue weighted by Crippen LogP contribution is 2.21. The average molecular weight is 353 g/mol. The summed E-state index contributed by atoms with van der Waals surface area (Å²) >= 11 is 0. The van der Waals surface area contributed by atoms with Crippen molar-refractivity contribution in [1.29, 1.82) is 0 Å². The number of carbonyl (C=O) groups excluding carboxylic acids is 2. The normalized spacial score (nSPS) is 13.1. The number of hydrogen-bond donors (Lipinski definition) is 1. The molecule has 26 heavy (non-hydrogen) atoms. The van der Waals surface area contributed by atoms with Crippen molar-refractivity contribution in [3.8, 4) is 5.75 Å². The van der Waals surface area contributed by atoms with E-state index >= 15 is 0 Å². The van der Waals surface area contributed by atoms with E-state index < -0.39 is 0 Å². The molecular formula is C20H23N3O3. The van der Waals surface area contributed by atoms with Crippen molar-refractivity contribution in [2.75, 3.05) is 20.2 Å². The van der Waals surface area contributed by atoms with Crippen LogP contribution in [-0.4, -0.2) is 41.9 Å². The molecule has 6 nitrogen and oxygen atoms in total. The van der Waals surface area contributed by atoms with Crippen molar-refractivity contribution in [2.45, 2.75) is 26.3 Å². The smallest absolute Gasteiger partial charge is 0.253 e. The molecule has 0 atom stereocenters. The van der Waals surface area contributed by atoms with Crippen LogP contribution in [-0.2, 0) is 24.2 Å². The van der Waals surface area contributed by atoms with Gasteiger partial charge >= 0.3 is 0 Å². The monoisotopic (exact) mass is 353 g/mol. The molecule has 2 amide bonds. The van der Waals surface area contributed by atoms with Crippen LogP contribution in [0.25, 0.3) is 0 Å². The number of nitrogens with zero attached hydrogens (tertiary/aromatic N) is 2. The molecular weight excluding hydrogens is 330 g/mol. The summed E-state index contributed by atoms with van der Waals surface area (Å²) in [7, 11) is 1.64. The fourth-order valence-electron chi connectivity index (χ4n) is 3.17. The number of fused-ring (bicyclic) bond motifs is 1. The van der Waals surface area contributed by atoms with Gasteiger partial charge in [0.2, 0.25) is 5.91 Å². The third-order valence-electron chi connectivity index (χ3n) is 4.69. The molecule has 0 aliphatic carbocycles. The fourth-order valence-corrected chi connectivity index (χ4v) is 3.17. The molecule has 1 N–H and O–H groups in total. The third-order valence-corrected chi connectivity index (χ3v) is 4.69. The summed E-state index contributed by atoms with van der Waals surface area (Å²) < 4.78 is 5.14. The summed E-state index contributed by atoms with van der Waals surface area (Å²) in [5.41, 5.74) is 3.70. The quantitative estimate of drug-likeness (QED) is 0.892. The van der Waals surface area contributed by atoms with Crippen molar-refractivity contribution in [3.63, 3.8) is 0 Å². The van der Waals surface area contributed by atoms with E-state index in [0.29, 0.717) is 31.6 Å². The number of carbonyl (C=O) groups is 2. The van der Waals surface area contributed by atoms with Crippen LogP contribution in [0.3, 0.4) is 0 Å². The molecule has 3 rings (SSSR count). The number of aromatic nitrogens is 1. The van der Waals surface area contributed by atoms with Crippen LogP contribution >= 0.6 is 0 Å². The summed E-state index contributed by atoms with van der Waals surface area (Å²) in [5, 5.41) is 2.97. The van der Waals surface area contributed by atoms with Gasteiger partial charge in [-0.15, -0.1) is 0 Å². The number of ether oxygens (including phenoxy) is 1. The second-order valence-electron chi connectivity index (χ2n) is 6.37. The van der Waals surface area contributed by atoms with Crippen molar-refractivity contribution < 1.29 is 14.3 Å². The Morgan fingerprint density at radius 3 is 2.69 bits per heavy atom. The Bertz CT molecular complexity index is 802. The first-order chi connectivity index (χ1) is 12.6. The first-order valence-electron chi connectivity index (χ1n) is 8.71. The molecule has 0 unspecified atom stereocenters. The standard InChI is InChI=1S/C20H23N3O3/c1-14(24)23-10-8-18-16(13-23)11-21-12-19(18)20(25)22-9-7-15-3-5-17(26-2)6-4-15/h3-6,11-12H,7-10,13H2,1-2H3,(H,22,25). The zero-order valence-electron chi connectivity index (χ0n) is 15.1. The van der Waals surface area contributed by atoms with Gasteiger partial charge in [-0.25, -0.2) is 0 Å². The van der Waals surface area contributed by atoms with Crippen molar-refractivity contribution in [2.24, 2.45) is 0 Å². The Labute approximate surface area is 153 Å². The second-order valence-corrected chi connectivity index (χ2v) is 6.37. The van der Waals surface area contributed by atoms with Crippen LogP contribution in [0, 0.1) is 0 Å². The Morgan fingerprint density at radius 1 is 1.23 bits per heavy atom. The third kappa shape index (κ3) is 4.02. The fraction of sp³-hybridized carbons (Fsp3) is 0.350. The van der Waals surface area contributed by atoms with E-state index in [-0.39, 0.29) is 11.8 Å². The molecule has 2 aromatic rings. The number of methoxy groups -OCH3 is 1. The minimum absolute atomic E-state index is 0.0463.